The van der Waals surface area contributed by atoms with Crippen LogP contribution >= 0.6 is 0 Å². The molecule has 17 heavy (non-hydrogen) atoms. The van der Waals surface area contributed by atoms with Gasteiger partial charge in [-0.3, -0.25) is 0 Å². The summed E-state index contributed by atoms with van der Waals surface area (Å²) in [4.78, 5) is 0. The van der Waals surface area contributed by atoms with Crippen molar-refractivity contribution in [1.82, 2.24) is 0 Å². The quantitative estimate of drug-likeness (QED) is 0.803. The Morgan fingerprint density at radius 1 is 1.06 bits per heavy atom. The molecule has 2 N–H and O–H groups in total. The molecule has 0 atom stereocenters. The van der Waals surface area contributed by atoms with Gasteiger partial charge in [0.1, 0.15) is 17.3 Å². The average Bonchev–Trinajstić information content (AvgIpc) is 2.28. The number of benzene rings is 2. The number of anilines is 1. The van der Waals surface area contributed by atoms with E-state index in [4.69, 9.17) is 15.7 Å². The number of ether oxygens (including phenoxy) is 1. The minimum atomic E-state index is -0.450. The molecule has 0 amide bonds. The summed E-state index contributed by atoms with van der Waals surface area (Å²) in [5, 5.41) is 8.63. The summed E-state index contributed by atoms with van der Waals surface area (Å²) in [6, 6.07) is 12.5. The van der Waals surface area contributed by atoms with Crippen LogP contribution in [0.2, 0.25) is 0 Å². The van der Waals surface area contributed by atoms with Gasteiger partial charge >= 0.3 is 0 Å². The Hall–Kier alpha value is -2.54. The summed E-state index contributed by atoms with van der Waals surface area (Å²) in [6.45, 7) is 0. The van der Waals surface area contributed by atoms with Crippen molar-refractivity contribution in [2.75, 3.05) is 5.73 Å². The Balaban J connectivity index is 2.22. The van der Waals surface area contributed by atoms with Crippen LogP contribution in [0.1, 0.15) is 5.56 Å². The first kappa shape index (κ1) is 11.0. The van der Waals surface area contributed by atoms with Gasteiger partial charge in [-0.05, 0) is 30.3 Å². The molecular formula is C13H9FN2O. The zero-order chi connectivity index (χ0) is 12.3. The molecule has 2 aromatic rings. The highest BCUT2D eigenvalue weighted by molar-refractivity contribution is 5.46. The standard InChI is InChI=1S/C13H9FN2O/c14-10-5-11(16)7-13(6-10)17-12-3-1-9(8-15)2-4-12/h1-7H,16H2. The molecule has 0 spiro atoms. The van der Waals surface area contributed by atoms with Crippen molar-refractivity contribution in [2.24, 2.45) is 0 Å². The van der Waals surface area contributed by atoms with Crippen molar-refractivity contribution in [1.29, 1.82) is 5.26 Å². The Morgan fingerprint density at radius 3 is 2.35 bits per heavy atom. The fourth-order valence-corrected chi connectivity index (χ4v) is 1.38. The van der Waals surface area contributed by atoms with Crippen LogP contribution in [0.15, 0.2) is 42.5 Å². The van der Waals surface area contributed by atoms with Gasteiger partial charge in [0.25, 0.3) is 0 Å². The van der Waals surface area contributed by atoms with Crippen LogP contribution in [0.3, 0.4) is 0 Å². The monoisotopic (exact) mass is 228 g/mol. The van der Waals surface area contributed by atoms with Crippen LogP contribution in [0, 0.1) is 17.1 Å². The maximum atomic E-state index is 13.0. The first-order valence-electron chi connectivity index (χ1n) is 4.91. The summed E-state index contributed by atoms with van der Waals surface area (Å²) in [5.41, 5.74) is 6.33. The number of rotatable bonds is 2. The van der Waals surface area contributed by atoms with Gasteiger partial charge < -0.3 is 10.5 Å². The van der Waals surface area contributed by atoms with Gasteiger partial charge in [0.2, 0.25) is 0 Å². The van der Waals surface area contributed by atoms with E-state index in [9.17, 15) is 4.39 Å². The molecule has 0 unspecified atom stereocenters. The van der Waals surface area contributed by atoms with Crippen molar-refractivity contribution in [2.45, 2.75) is 0 Å². The zero-order valence-electron chi connectivity index (χ0n) is 8.85. The summed E-state index contributed by atoms with van der Waals surface area (Å²) in [5.74, 6) is 0.398. The fourth-order valence-electron chi connectivity index (χ4n) is 1.38. The first-order chi connectivity index (χ1) is 8.17. The van der Waals surface area contributed by atoms with Crippen LogP contribution in [-0.2, 0) is 0 Å². The van der Waals surface area contributed by atoms with Crippen molar-refractivity contribution in [3.8, 4) is 17.6 Å². The predicted molar refractivity (Wildman–Crippen MR) is 62.0 cm³/mol. The summed E-state index contributed by atoms with van der Waals surface area (Å²) < 4.78 is 18.5. The zero-order valence-corrected chi connectivity index (χ0v) is 8.85. The highest BCUT2D eigenvalue weighted by Gasteiger charge is 2.01. The SMILES string of the molecule is N#Cc1ccc(Oc2cc(N)cc(F)c2)cc1. The van der Waals surface area contributed by atoms with Gasteiger partial charge in [0, 0.05) is 17.8 Å². The molecular weight excluding hydrogens is 219 g/mol. The van der Waals surface area contributed by atoms with Crippen LogP contribution in [0.5, 0.6) is 11.5 Å². The van der Waals surface area contributed by atoms with Crippen molar-refractivity contribution < 1.29 is 9.13 Å². The molecule has 0 aliphatic carbocycles. The van der Waals surface area contributed by atoms with Gasteiger partial charge in [-0.15, -0.1) is 0 Å². The number of nitrogen functional groups attached to an aromatic ring is 1. The molecule has 0 radical (unpaired) electrons. The van der Waals surface area contributed by atoms with Crippen LogP contribution in [0.4, 0.5) is 10.1 Å². The number of nitrogens with zero attached hydrogens (tertiary/aromatic N) is 1. The van der Waals surface area contributed by atoms with E-state index in [1.54, 1.807) is 24.3 Å². The van der Waals surface area contributed by atoms with Crippen molar-refractivity contribution >= 4 is 5.69 Å². The van der Waals surface area contributed by atoms with Gasteiger partial charge in [-0.1, -0.05) is 0 Å². The molecule has 0 bridgehead atoms. The number of nitriles is 1. The van der Waals surface area contributed by atoms with Crippen molar-refractivity contribution in [3.05, 3.63) is 53.8 Å². The molecule has 0 heterocycles. The topological polar surface area (TPSA) is 59.0 Å². The molecule has 0 aliphatic heterocycles. The van der Waals surface area contributed by atoms with Gasteiger partial charge in [-0.2, -0.15) is 5.26 Å². The number of hydrogen-bond acceptors (Lipinski definition) is 3. The molecule has 0 fully saturated rings. The molecule has 0 saturated heterocycles. The molecule has 0 saturated carbocycles. The Bertz CT molecular complexity index is 553. The molecule has 2 aromatic carbocycles. The second-order valence-corrected chi connectivity index (χ2v) is 3.46. The summed E-state index contributed by atoms with van der Waals surface area (Å²) >= 11 is 0. The van der Waals surface area contributed by atoms with Crippen LogP contribution in [-0.4, -0.2) is 0 Å². The van der Waals surface area contributed by atoms with Gasteiger partial charge in [0.15, 0.2) is 0 Å². The highest BCUT2D eigenvalue weighted by Crippen LogP contribution is 2.24. The lowest BCUT2D eigenvalue weighted by Gasteiger charge is -2.06. The van der Waals surface area contributed by atoms with E-state index in [0.29, 0.717) is 22.7 Å². The first-order valence-corrected chi connectivity index (χ1v) is 4.91. The van der Waals surface area contributed by atoms with E-state index < -0.39 is 5.82 Å². The van der Waals surface area contributed by atoms with E-state index in [0.717, 1.165) is 0 Å². The van der Waals surface area contributed by atoms with E-state index in [2.05, 4.69) is 0 Å². The molecule has 4 heteroatoms. The Labute approximate surface area is 97.9 Å². The summed E-state index contributed by atoms with van der Waals surface area (Å²) in [7, 11) is 0. The minimum Gasteiger partial charge on any atom is -0.457 e. The highest BCUT2D eigenvalue weighted by atomic mass is 19.1. The molecule has 84 valence electrons. The Kier molecular flexibility index (Phi) is 2.93. The Morgan fingerprint density at radius 2 is 1.76 bits per heavy atom. The molecule has 0 aliphatic rings. The number of nitrogens with two attached hydrogens (primary N) is 1. The number of halogens is 1. The number of hydrogen-bond donors (Lipinski definition) is 1. The predicted octanol–water partition coefficient (Wildman–Crippen LogP) is 3.07. The third-order valence-electron chi connectivity index (χ3n) is 2.11. The summed E-state index contributed by atoms with van der Waals surface area (Å²) in [6.07, 6.45) is 0. The lowest BCUT2D eigenvalue weighted by molar-refractivity contribution is 0.477. The van der Waals surface area contributed by atoms with E-state index in [1.807, 2.05) is 6.07 Å². The third-order valence-corrected chi connectivity index (χ3v) is 2.11. The van der Waals surface area contributed by atoms with Crippen molar-refractivity contribution in [3.63, 3.8) is 0 Å². The molecule has 0 aromatic heterocycles. The maximum absolute atomic E-state index is 13.0. The van der Waals surface area contributed by atoms with Gasteiger partial charge in [0.05, 0.1) is 11.6 Å². The fraction of sp³-hybridized carbons (Fsp3) is 0. The third kappa shape index (κ3) is 2.73. The largest absolute Gasteiger partial charge is 0.457 e. The van der Waals surface area contributed by atoms with Gasteiger partial charge in [-0.25, -0.2) is 4.39 Å². The molecule has 2 rings (SSSR count). The second kappa shape index (κ2) is 4.54. The molecule has 3 nitrogen and oxygen atoms in total. The second-order valence-electron chi connectivity index (χ2n) is 3.46. The van der Waals surface area contributed by atoms with Crippen LogP contribution < -0.4 is 10.5 Å². The smallest absolute Gasteiger partial charge is 0.132 e. The normalized spacial score (nSPS) is 9.65. The average molecular weight is 228 g/mol. The van der Waals surface area contributed by atoms with Crippen LogP contribution in [0.25, 0.3) is 0 Å². The van der Waals surface area contributed by atoms with E-state index in [1.165, 1.54) is 18.2 Å². The lowest BCUT2D eigenvalue weighted by atomic mass is 10.2. The maximum Gasteiger partial charge on any atom is 0.132 e. The van der Waals surface area contributed by atoms with E-state index in [-0.39, 0.29) is 0 Å². The minimum absolute atomic E-state index is 0.300. The lowest BCUT2D eigenvalue weighted by Crippen LogP contribution is -1.90. The van der Waals surface area contributed by atoms with E-state index >= 15 is 0 Å².